The maximum atomic E-state index is 12.9. The molecular formula is C25H18ClNO5S. The quantitative estimate of drug-likeness (QED) is 0.252. The zero-order chi connectivity index (χ0) is 23.4. The molecule has 0 N–H and O–H groups in total. The second-order valence-electron chi connectivity index (χ2n) is 7.03. The largest absolute Gasteiger partial charge is 0.493 e. The number of thioether (sulfide) groups is 1. The molecule has 3 aromatic rings. The zero-order valence-corrected chi connectivity index (χ0v) is 19.1. The van der Waals surface area contributed by atoms with Crippen molar-refractivity contribution >= 4 is 46.6 Å². The Morgan fingerprint density at radius 3 is 2.42 bits per heavy atom. The molecule has 3 aromatic carbocycles. The van der Waals surface area contributed by atoms with E-state index in [9.17, 15) is 14.4 Å². The van der Waals surface area contributed by atoms with Gasteiger partial charge in [0.25, 0.3) is 11.1 Å². The van der Waals surface area contributed by atoms with Crippen molar-refractivity contribution in [3.8, 4) is 11.5 Å². The molecule has 0 aromatic heterocycles. The average molecular weight is 480 g/mol. The lowest BCUT2D eigenvalue weighted by atomic mass is 10.1. The van der Waals surface area contributed by atoms with Crippen molar-refractivity contribution in [3.63, 3.8) is 0 Å². The van der Waals surface area contributed by atoms with Gasteiger partial charge >= 0.3 is 5.97 Å². The number of carbonyl (C=O) groups is 3. The third-order valence-electron chi connectivity index (χ3n) is 4.85. The molecule has 0 spiro atoms. The average Bonchev–Trinajstić information content (AvgIpc) is 3.08. The van der Waals surface area contributed by atoms with Crippen LogP contribution >= 0.6 is 23.4 Å². The summed E-state index contributed by atoms with van der Waals surface area (Å²) in [6.45, 7) is 0.180. The van der Waals surface area contributed by atoms with E-state index in [0.717, 1.165) is 17.3 Å². The van der Waals surface area contributed by atoms with Gasteiger partial charge in [-0.2, -0.15) is 0 Å². The van der Waals surface area contributed by atoms with Crippen molar-refractivity contribution in [3.05, 3.63) is 99.4 Å². The van der Waals surface area contributed by atoms with Gasteiger partial charge in [0.2, 0.25) is 0 Å². The summed E-state index contributed by atoms with van der Waals surface area (Å²) in [7, 11) is 1.45. The number of hydrogen-bond donors (Lipinski definition) is 0. The Morgan fingerprint density at radius 2 is 1.73 bits per heavy atom. The van der Waals surface area contributed by atoms with Gasteiger partial charge in [0.1, 0.15) is 0 Å². The molecule has 1 saturated heterocycles. The third kappa shape index (κ3) is 5.10. The molecule has 8 heteroatoms. The van der Waals surface area contributed by atoms with Crippen molar-refractivity contribution in [1.82, 2.24) is 4.90 Å². The highest BCUT2D eigenvalue weighted by Gasteiger charge is 2.35. The second kappa shape index (κ2) is 9.94. The molecule has 166 valence electrons. The monoisotopic (exact) mass is 479 g/mol. The Morgan fingerprint density at radius 1 is 1.00 bits per heavy atom. The number of halogens is 1. The topological polar surface area (TPSA) is 72.9 Å². The van der Waals surface area contributed by atoms with Crippen molar-refractivity contribution in [1.29, 1.82) is 0 Å². The number of nitrogens with zero attached hydrogens (tertiary/aromatic N) is 1. The molecule has 1 heterocycles. The minimum atomic E-state index is -0.608. The molecule has 0 aliphatic carbocycles. The van der Waals surface area contributed by atoms with Gasteiger partial charge in [-0.15, -0.1) is 0 Å². The van der Waals surface area contributed by atoms with Crippen molar-refractivity contribution in [2.75, 3.05) is 7.11 Å². The Balaban J connectivity index is 1.62. The Bertz CT molecular complexity index is 1240. The molecule has 1 aliphatic heterocycles. The summed E-state index contributed by atoms with van der Waals surface area (Å²) in [5.74, 6) is -0.556. The van der Waals surface area contributed by atoms with E-state index in [1.807, 2.05) is 30.3 Å². The molecule has 6 nitrogen and oxygen atoms in total. The minimum absolute atomic E-state index is 0.148. The van der Waals surface area contributed by atoms with Crippen LogP contribution in [0.4, 0.5) is 4.79 Å². The molecule has 2 amide bonds. The lowest BCUT2D eigenvalue weighted by molar-refractivity contribution is -0.123. The van der Waals surface area contributed by atoms with Crippen LogP contribution in [-0.2, 0) is 11.3 Å². The van der Waals surface area contributed by atoms with Crippen LogP contribution in [0.2, 0.25) is 5.02 Å². The standard InChI is InChI=1S/C25H18ClNO5S/c1-31-20-9-5-8-18(22(20)32-24(29)17-10-12-19(26)13-11-17)14-21-23(28)27(25(30)33-21)15-16-6-3-2-4-7-16/h2-14H,15H2,1H3/b21-14-. The first-order valence-corrected chi connectivity index (χ1v) is 11.1. The molecule has 0 atom stereocenters. The summed E-state index contributed by atoms with van der Waals surface area (Å²) in [6, 6.07) is 20.6. The van der Waals surface area contributed by atoms with Crippen molar-refractivity contribution < 1.29 is 23.9 Å². The van der Waals surface area contributed by atoms with E-state index in [2.05, 4.69) is 0 Å². The first-order chi connectivity index (χ1) is 16.0. The molecule has 1 aliphatic rings. The maximum Gasteiger partial charge on any atom is 0.343 e. The first-order valence-electron chi connectivity index (χ1n) is 9.90. The van der Waals surface area contributed by atoms with Gasteiger partial charge in [-0.3, -0.25) is 14.5 Å². The summed E-state index contributed by atoms with van der Waals surface area (Å²) < 4.78 is 11.0. The van der Waals surface area contributed by atoms with Gasteiger partial charge in [0.05, 0.1) is 24.1 Å². The van der Waals surface area contributed by atoms with Crippen LogP contribution in [0.5, 0.6) is 11.5 Å². The summed E-state index contributed by atoms with van der Waals surface area (Å²) in [6.07, 6.45) is 1.53. The summed E-state index contributed by atoms with van der Waals surface area (Å²) >= 11 is 6.72. The fourth-order valence-corrected chi connectivity index (χ4v) is 4.15. The van der Waals surface area contributed by atoms with Crippen LogP contribution < -0.4 is 9.47 Å². The zero-order valence-electron chi connectivity index (χ0n) is 17.5. The highest BCUT2D eigenvalue weighted by molar-refractivity contribution is 8.18. The minimum Gasteiger partial charge on any atom is -0.493 e. The van der Waals surface area contributed by atoms with Gasteiger partial charge in [-0.05, 0) is 53.7 Å². The lowest BCUT2D eigenvalue weighted by Gasteiger charge is -2.13. The second-order valence-corrected chi connectivity index (χ2v) is 8.46. The van der Waals surface area contributed by atoms with E-state index in [1.165, 1.54) is 18.1 Å². The number of para-hydroxylation sites is 1. The Kier molecular flexibility index (Phi) is 6.82. The SMILES string of the molecule is COc1cccc(/C=C2\SC(=O)N(Cc3ccccc3)C2=O)c1OC(=O)c1ccc(Cl)cc1. The maximum absolute atomic E-state index is 12.9. The van der Waals surface area contributed by atoms with E-state index in [1.54, 1.807) is 42.5 Å². The van der Waals surface area contributed by atoms with E-state index < -0.39 is 11.9 Å². The number of methoxy groups -OCH3 is 1. The molecular weight excluding hydrogens is 462 g/mol. The number of hydrogen-bond acceptors (Lipinski definition) is 6. The highest BCUT2D eigenvalue weighted by Crippen LogP contribution is 2.38. The molecule has 1 fully saturated rings. The van der Waals surface area contributed by atoms with Gasteiger partial charge in [0, 0.05) is 10.6 Å². The van der Waals surface area contributed by atoms with Gasteiger partial charge < -0.3 is 9.47 Å². The fraction of sp³-hybridized carbons (Fsp3) is 0.0800. The number of ether oxygens (including phenoxy) is 2. The van der Waals surface area contributed by atoms with E-state index in [0.29, 0.717) is 21.9 Å². The fourth-order valence-electron chi connectivity index (χ4n) is 3.20. The number of rotatable bonds is 6. The van der Waals surface area contributed by atoms with Crippen LogP contribution in [0, 0.1) is 0 Å². The molecule has 0 bridgehead atoms. The summed E-state index contributed by atoms with van der Waals surface area (Å²) in [4.78, 5) is 39.5. The molecule has 0 saturated carbocycles. The van der Waals surface area contributed by atoms with Gasteiger partial charge in [-0.1, -0.05) is 54.1 Å². The number of benzene rings is 3. The Labute approximate surface area is 199 Å². The predicted molar refractivity (Wildman–Crippen MR) is 127 cm³/mol. The molecule has 4 rings (SSSR count). The van der Waals surface area contributed by atoms with Crippen molar-refractivity contribution in [2.45, 2.75) is 6.54 Å². The number of carbonyl (C=O) groups excluding carboxylic acids is 3. The number of esters is 1. The lowest BCUT2D eigenvalue weighted by Crippen LogP contribution is -2.27. The van der Waals surface area contributed by atoms with Crippen LogP contribution in [-0.4, -0.2) is 29.1 Å². The van der Waals surface area contributed by atoms with Gasteiger partial charge in [0.15, 0.2) is 11.5 Å². The van der Waals surface area contributed by atoms with Crippen LogP contribution in [0.3, 0.4) is 0 Å². The summed E-state index contributed by atoms with van der Waals surface area (Å²) in [5, 5.41) is 0.133. The van der Waals surface area contributed by atoms with Gasteiger partial charge in [-0.25, -0.2) is 4.79 Å². The smallest absolute Gasteiger partial charge is 0.343 e. The number of amides is 2. The number of imide groups is 1. The molecule has 0 radical (unpaired) electrons. The van der Waals surface area contributed by atoms with E-state index in [4.69, 9.17) is 21.1 Å². The van der Waals surface area contributed by atoms with Crippen LogP contribution in [0.1, 0.15) is 21.5 Å². The van der Waals surface area contributed by atoms with Crippen LogP contribution in [0.15, 0.2) is 77.7 Å². The highest BCUT2D eigenvalue weighted by atomic mass is 35.5. The van der Waals surface area contributed by atoms with E-state index >= 15 is 0 Å². The van der Waals surface area contributed by atoms with Crippen molar-refractivity contribution in [2.24, 2.45) is 0 Å². The van der Waals surface area contributed by atoms with Crippen LogP contribution in [0.25, 0.3) is 6.08 Å². The molecule has 33 heavy (non-hydrogen) atoms. The van der Waals surface area contributed by atoms with E-state index in [-0.39, 0.29) is 22.4 Å². The third-order valence-corrected chi connectivity index (χ3v) is 6.01. The Hall–Kier alpha value is -3.55. The molecule has 0 unspecified atom stereocenters. The normalized spacial score (nSPS) is 14.6. The first kappa shape index (κ1) is 22.6. The summed E-state index contributed by atoms with van der Waals surface area (Å²) in [5.41, 5.74) is 1.58. The predicted octanol–water partition coefficient (Wildman–Crippen LogP) is 5.80.